The molecule has 4 rings (SSSR count). The Hall–Kier alpha value is -2.23. The quantitative estimate of drug-likeness (QED) is 0.600. The van der Waals surface area contributed by atoms with Crippen LogP contribution < -0.4 is 4.74 Å². The van der Waals surface area contributed by atoms with E-state index in [9.17, 15) is 14.3 Å². The molecule has 0 saturated heterocycles. The first-order valence-corrected chi connectivity index (χ1v) is 8.69. The van der Waals surface area contributed by atoms with Crippen molar-refractivity contribution >= 4 is 39.7 Å². The average molecular weight is 453 g/mol. The number of carboxylic acid groups (broad SMARTS) is 1. The van der Waals surface area contributed by atoms with E-state index in [-0.39, 0.29) is 0 Å². The summed E-state index contributed by atoms with van der Waals surface area (Å²) in [6, 6.07) is 7.31. The molecule has 0 spiro atoms. The highest BCUT2D eigenvalue weighted by Gasteiger charge is 2.26. The normalized spacial score (nSPS) is 16.2. The van der Waals surface area contributed by atoms with Gasteiger partial charge in [-0.2, -0.15) is 9.78 Å². The van der Waals surface area contributed by atoms with Crippen molar-refractivity contribution in [3.63, 3.8) is 0 Å². The molecule has 0 fully saturated rings. The number of carbonyl (C=O) groups is 1. The van der Waals surface area contributed by atoms with E-state index in [1.54, 1.807) is 6.07 Å². The minimum Gasteiger partial charge on any atom is -0.494 e. The zero-order chi connectivity index (χ0) is 17.7. The minimum atomic E-state index is -1.19. The van der Waals surface area contributed by atoms with Crippen LogP contribution in [0.4, 0.5) is 9.18 Å². The van der Waals surface area contributed by atoms with Crippen LogP contribution in [-0.2, 0) is 12.8 Å². The van der Waals surface area contributed by atoms with E-state index in [1.807, 2.05) is 40.8 Å². The zero-order valence-corrected chi connectivity index (χ0v) is 15.3. The Balaban J connectivity index is 1.99. The summed E-state index contributed by atoms with van der Waals surface area (Å²) < 4.78 is 20.7. The van der Waals surface area contributed by atoms with Crippen LogP contribution >= 0.6 is 22.6 Å². The fourth-order valence-corrected chi connectivity index (χ4v) is 3.92. The third kappa shape index (κ3) is 2.55. The number of hydrogen-bond acceptors (Lipinski definition) is 4. The largest absolute Gasteiger partial charge is 0.494 e. The smallest absolute Gasteiger partial charge is 0.432 e. The third-order valence-electron chi connectivity index (χ3n) is 4.38. The molecule has 0 aliphatic heterocycles. The first-order valence-electron chi connectivity index (χ1n) is 7.61. The van der Waals surface area contributed by atoms with Gasteiger partial charge in [-0.3, -0.25) is 0 Å². The number of methoxy groups -OCH3 is 1. The third-order valence-corrected chi connectivity index (χ3v) is 5.10. The summed E-state index contributed by atoms with van der Waals surface area (Å²) in [5.74, 6) is 0.432. The molecule has 1 aliphatic rings. The first-order chi connectivity index (χ1) is 12.0. The van der Waals surface area contributed by atoms with Crippen LogP contribution in [0.1, 0.15) is 11.1 Å². The molecule has 0 saturated carbocycles. The maximum atomic E-state index is 13.9. The first kappa shape index (κ1) is 16.2. The van der Waals surface area contributed by atoms with Crippen LogP contribution in [0, 0.1) is 3.70 Å². The number of nitrogens with zero attached hydrogens (tertiary/aromatic N) is 3. The molecule has 0 bridgehead atoms. The van der Waals surface area contributed by atoms with Crippen molar-refractivity contribution in [2.45, 2.75) is 19.0 Å². The summed E-state index contributed by atoms with van der Waals surface area (Å²) in [6.07, 6.45) is -1.33. The lowest BCUT2D eigenvalue weighted by molar-refractivity contribution is 0.194. The Kier molecular flexibility index (Phi) is 3.86. The molecule has 3 aromatic rings. The van der Waals surface area contributed by atoms with Crippen LogP contribution in [0.5, 0.6) is 5.75 Å². The summed E-state index contributed by atoms with van der Waals surface area (Å²) in [5.41, 5.74) is 4.13. The summed E-state index contributed by atoms with van der Waals surface area (Å²) in [6.45, 7) is 0. The van der Waals surface area contributed by atoms with Gasteiger partial charge in [0, 0.05) is 24.5 Å². The highest BCUT2D eigenvalue weighted by Crippen LogP contribution is 2.38. The number of alkyl halides is 1. The van der Waals surface area contributed by atoms with E-state index < -0.39 is 12.3 Å². The standard InChI is InChI=1S/C17H13FIN3O3/c1-25-13-7-12-15(16(19)21-22(12)17(23)24)20-14(13)10-4-2-3-8-5-9(18)6-11(8)10/h2-4,7,9H,5-6H2,1H3,(H,23,24). The molecule has 2 aromatic heterocycles. The van der Waals surface area contributed by atoms with E-state index in [2.05, 4.69) is 10.1 Å². The number of ether oxygens (including phenoxy) is 1. The van der Waals surface area contributed by atoms with Crippen molar-refractivity contribution < 1.29 is 19.0 Å². The van der Waals surface area contributed by atoms with Gasteiger partial charge in [0.1, 0.15) is 32.3 Å². The second kappa shape index (κ2) is 5.94. The Bertz CT molecular complexity index is 1020. The van der Waals surface area contributed by atoms with Gasteiger partial charge in [0.05, 0.1) is 7.11 Å². The summed E-state index contributed by atoms with van der Waals surface area (Å²) >= 11 is 1.95. The van der Waals surface area contributed by atoms with Gasteiger partial charge >= 0.3 is 6.09 Å². The molecule has 6 nitrogen and oxygen atoms in total. The Labute approximate surface area is 155 Å². The monoisotopic (exact) mass is 453 g/mol. The van der Waals surface area contributed by atoms with Crippen molar-refractivity contribution in [2.24, 2.45) is 0 Å². The van der Waals surface area contributed by atoms with Crippen LogP contribution in [0.15, 0.2) is 24.3 Å². The van der Waals surface area contributed by atoms with Crippen LogP contribution in [0.3, 0.4) is 0 Å². The van der Waals surface area contributed by atoms with Gasteiger partial charge in [-0.15, -0.1) is 0 Å². The minimum absolute atomic E-state index is 0.347. The molecule has 1 unspecified atom stereocenters. The van der Waals surface area contributed by atoms with Crippen LogP contribution in [-0.4, -0.2) is 39.2 Å². The SMILES string of the molecule is COc1cc2c(nc1-c1cccc3c1CC(F)C3)c(I)nn2C(=O)O. The Morgan fingerprint density at radius 3 is 2.96 bits per heavy atom. The Morgan fingerprint density at radius 1 is 1.44 bits per heavy atom. The fourth-order valence-electron chi connectivity index (χ4n) is 3.30. The van der Waals surface area contributed by atoms with Gasteiger partial charge in [0.2, 0.25) is 0 Å². The van der Waals surface area contributed by atoms with Crippen LogP contribution in [0.2, 0.25) is 0 Å². The molecule has 2 heterocycles. The molecule has 1 atom stereocenters. The average Bonchev–Trinajstić information content (AvgIpc) is 3.12. The molecule has 0 amide bonds. The van der Waals surface area contributed by atoms with Gasteiger partial charge in [0.25, 0.3) is 0 Å². The molecular weight excluding hydrogens is 440 g/mol. The molecule has 1 aliphatic carbocycles. The highest BCUT2D eigenvalue weighted by atomic mass is 127. The summed E-state index contributed by atoms with van der Waals surface area (Å²) in [4.78, 5) is 16.0. The van der Waals surface area contributed by atoms with Crippen LogP contribution in [0.25, 0.3) is 22.3 Å². The molecule has 128 valence electrons. The second-order valence-corrected chi connectivity index (χ2v) is 6.86. The maximum absolute atomic E-state index is 13.9. The fraction of sp³-hybridized carbons (Fsp3) is 0.235. The lowest BCUT2D eigenvalue weighted by Crippen LogP contribution is -2.09. The molecule has 0 radical (unpaired) electrons. The lowest BCUT2D eigenvalue weighted by Gasteiger charge is -2.12. The van der Waals surface area contributed by atoms with E-state index in [0.717, 1.165) is 21.4 Å². The second-order valence-electron chi connectivity index (χ2n) is 5.84. The van der Waals surface area contributed by atoms with Crippen molar-refractivity contribution in [3.05, 3.63) is 39.1 Å². The predicted octanol–water partition coefficient (Wildman–Crippen LogP) is 3.67. The maximum Gasteiger partial charge on any atom is 0.432 e. The molecular formula is C17H13FIN3O3. The number of benzene rings is 1. The van der Waals surface area contributed by atoms with Gasteiger partial charge in [-0.25, -0.2) is 14.2 Å². The van der Waals surface area contributed by atoms with E-state index in [0.29, 0.717) is 39.0 Å². The number of halogens is 2. The summed E-state index contributed by atoms with van der Waals surface area (Å²) in [5, 5.41) is 13.3. The van der Waals surface area contributed by atoms with Crippen molar-refractivity contribution in [1.82, 2.24) is 14.8 Å². The Morgan fingerprint density at radius 2 is 2.24 bits per heavy atom. The van der Waals surface area contributed by atoms with E-state index >= 15 is 0 Å². The molecule has 1 N–H and O–H groups in total. The molecule has 25 heavy (non-hydrogen) atoms. The van der Waals surface area contributed by atoms with E-state index in [1.165, 1.54) is 7.11 Å². The van der Waals surface area contributed by atoms with Crippen molar-refractivity contribution in [2.75, 3.05) is 7.11 Å². The highest BCUT2D eigenvalue weighted by molar-refractivity contribution is 14.1. The predicted molar refractivity (Wildman–Crippen MR) is 98.0 cm³/mol. The number of fused-ring (bicyclic) bond motifs is 2. The van der Waals surface area contributed by atoms with Crippen molar-refractivity contribution in [3.8, 4) is 17.0 Å². The lowest BCUT2D eigenvalue weighted by atomic mass is 9.99. The number of pyridine rings is 1. The zero-order valence-electron chi connectivity index (χ0n) is 13.2. The number of aromatic nitrogens is 3. The van der Waals surface area contributed by atoms with Gasteiger partial charge in [0.15, 0.2) is 0 Å². The van der Waals surface area contributed by atoms with Gasteiger partial charge in [-0.05, 0) is 33.7 Å². The topological polar surface area (TPSA) is 77.2 Å². The van der Waals surface area contributed by atoms with E-state index in [4.69, 9.17) is 4.74 Å². The van der Waals surface area contributed by atoms with Gasteiger partial charge < -0.3 is 9.84 Å². The number of rotatable bonds is 2. The molecule has 8 heteroatoms. The number of hydrogen-bond donors (Lipinski definition) is 1. The van der Waals surface area contributed by atoms with Gasteiger partial charge in [-0.1, -0.05) is 18.2 Å². The summed E-state index contributed by atoms with van der Waals surface area (Å²) in [7, 11) is 1.50. The van der Waals surface area contributed by atoms with Crippen molar-refractivity contribution in [1.29, 1.82) is 0 Å². The molecule has 1 aromatic carbocycles.